The van der Waals surface area contributed by atoms with Crippen LogP contribution in [-0.2, 0) is 23.1 Å². The molecule has 6 atom stereocenters. The number of amides is 2. The SMILES string of the molecule is CC(C)(C)[Si](C)(C)OC1C[C@H](n2cnc3c(NC(=O)c4ccccc4)ncnc32)O[C@@H]1C(=O)O.CC(C)(C)[Si](C)(C)OC1C[C@H](n2cnc3c(NC(=O)c4ccccc4)ncnc32)O[C@@H]1CO. The highest BCUT2D eigenvalue weighted by atomic mass is 28.4. The number of aliphatic carboxylic acids is 1. The Morgan fingerprint density at radius 3 is 1.49 bits per heavy atom. The maximum absolute atomic E-state index is 12.6. The van der Waals surface area contributed by atoms with E-state index in [1.54, 1.807) is 59.4 Å². The summed E-state index contributed by atoms with van der Waals surface area (Å²) in [5.41, 5.74) is 2.85. The summed E-state index contributed by atoms with van der Waals surface area (Å²) in [6.45, 7) is 21.3. The number of carbonyl (C=O) groups excluding carboxylic acids is 2. The smallest absolute Gasteiger partial charge is 0.335 e. The lowest BCUT2D eigenvalue weighted by Crippen LogP contribution is -2.47. The molecule has 0 aliphatic carbocycles. The van der Waals surface area contributed by atoms with Gasteiger partial charge >= 0.3 is 5.97 Å². The van der Waals surface area contributed by atoms with Crippen molar-refractivity contribution in [3.05, 3.63) is 97.1 Å². The number of carboxylic acid groups (broad SMARTS) is 1. The number of aromatic nitrogens is 8. The third kappa shape index (κ3) is 10.7. The lowest BCUT2D eigenvalue weighted by Gasteiger charge is -2.39. The Morgan fingerprint density at radius 2 is 1.07 bits per heavy atom. The maximum Gasteiger partial charge on any atom is 0.335 e. The van der Waals surface area contributed by atoms with Crippen LogP contribution in [-0.4, -0.2) is 115 Å². The van der Waals surface area contributed by atoms with Gasteiger partial charge in [0.05, 0.1) is 31.5 Å². The Labute approximate surface area is 391 Å². The predicted molar refractivity (Wildman–Crippen MR) is 255 cm³/mol. The first-order valence-corrected chi connectivity index (χ1v) is 28.0. The zero-order chi connectivity index (χ0) is 48.5. The Hall–Kier alpha value is -5.82. The molecule has 2 aliphatic rings. The fourth-order valence-electron chi connectivity index (χ4n) is 7.26. The quantitative estimate of drug-likeness (QED) is 0.0864. The number of aliphatic hydroxyl groups is 1. The van der Waals surface area contributed by atoms with E-state index in [-0.39, 0.29) is 40.4 Å². The van der Waals surface area contributed by atoms with Crippen LogP contribution in [0.3, 0.4) is 0 Å². The average molecular weight is 953 g/mol. The Balaban J connectivity index is 0.000000199. The summed E-state index contributed by atoms with van der Waals surface area (Å²) in [4.78, 5) is 63.0. The summed E-state index contributed by atoms with van der Waals surface area (Å²) >= 11 is 0. The summed E-state index contributed by atoms with van der Waals surface area (Å²) in [5.74, 6) is -1.06. The van der Waals surface area contributed by atoms with Gasteiger partial charge in [-0.15, -0.1) is 0 Å². The zero-order valence-corrected chi connectivity index (χ0v) is 41.5. The molecule has 0 spiro atoms. The van der Waals surface area contributed by atoms with Crippen molar-refractivity contribution in [2.24, 2.45) is 0 Å². The van der Waals surface area contributed by atoms with E-state index in [1.807, 2.05) is 16.7 Å². The molecule has 8 rings (SSSR count). The van der Waals surface area contributed by atoms with Crippen LogP contribution < -0.4 is 10.6 Å². The first-order valence-electron chi connectivity index (χ1n) is 22.2. The van der Waals surface area contributed by atoms with Crippen molar-refractivity contribution < 1.29 is 42.9 Å². The van der Waals surface area contributed by atoms with Gasteiger partial charge in [0.2, 0.25) is 0 Å². The highest BCUT2D eigenvalue weighted by molar-refractivity contribution is 6.74. The first kappa shape index (κ1) is 49.1. The van der Waals surface area contributed by atoms with Gasteiger partial charge in [0.15, 0.2) is 56.7 Å². The second-order valence-electron chi connectivity index (χ2n) is 19.7. The van der Waals surface area contributed by atoms with Crippen molar-refractivity contribution in [2.45, 2.75) is 128 Å². The molecule has 0 radical (unpaired) electrons. The van der Waals surface area contributed by atoms with Crippen molar-refractivity contribution in [1.82, 2.24) is 39.0 Å². The number of benzene rings is 2. The molecule has 21 heteroatoms. The minimum atomic E-state index is -2.23. The Kier molecular flexibility index (Phi) is 14.2. The van der Waals surface area contributed by atoms with Crippen molar-refractivity contribution in [3.8, 4) is 0 Å². The van der Waals surface area contributed by atoms with E-state index in [4.69, 9.17) is 18.3 Å². The topological polar surface area (TPSA) is 240 Å². The molecule has 2 aliphatic heterocycles. The van der Waals surface area contributed by atoms with E-state index in [9.17, 15) is 24.6 Å². The molecule has 0 bridgehead atoms. The molecule has 67 heavy (non-hydrogen) atoms. The van der Waals surface area contributed by atoms with E-state index < -0.39 is 53.4 Å². The first-order chi connectivity index (χ1) is 31.6. The number of fused-ring (bicyclic) bond motifs is 2. The summed E-state index contributed by atoms with van der Waals surface area (Å²) in [7, 11) is -4.27. The molecule has 2 saturated heterocycles. The monoisotopic (exact) mass is 952 g/mol. The summed E-state index contributed by atoms with van der Waals surface area (Å²) < 4.78 is 28.5. The standard InChI is InChI=1S/C23H29N5O5Si.C23H31N5O4Si/c1-23(2,3)34(4,5)33-15-11-16(32-18(15)22(30)31)28-13-26-17-19(24-12-25-20(17)28)27-21(29)14-9-7-6-8-10-14;1-23(2,3)33(4,5)32-16-11-18(31-17(16)12-29)28-14-26-19-20(24-13-25-21(19)28)27-22(30)15-9-7-6-8-10-15/h6-10,12-13,15-16,18H,11H2,1-5H3,(H,30,31)(H,24,25,27,29);6-10,13-14,16-18,29H,11-12H2,1-5H3,(H,24,25,27,30)/t15?,16-,18+;16?,17-,18-/m11/s1. The molecular weight excluding hydrogens is 893 g/mol. The van der Waals surface area contributed by atoms with Crippen LogP contribution >= 0.6 is 0 Å². The number of imidazole rings is 2. The fourth-order valence-corrected chi connectivity index (χ4v) is 9.95. The van der Waals surface area contributed by atoms with E-state index in [0.29, 0.717) is 52.1 Å². The lowest BCUT2D eigenvalue weighted by atomic mass is 10.2. The van der Waals surface area contributed by atoms with Gasteiger partial charge in [-0.3, -0.25) is 18.7 Å². The molecule has 0 saturated carbocycles. The van der Waals surface area contributed by atoms with Crippen molar-refractivity contribution >= 4 is 68.4 Å². The number of nitrogens with one attached hydrogen (secondary N) is 2. The molecule has 2 unspecified atom stereocenters. The minimum absolute atomic E-state index is 0.0475. The van der Waals surface area contributed by atoms with E-state index in [1.165, 1.54) is 19.0 Å². The summed E-state index contributed by atoms with van der Waals surface area (Å²) in [5, 5.41) is 25.3. The second kappa shape index (κ2) is 19.4. The number of rotatable bonds is 12. The van der Waals surface area contributed by atoms with Gasteiger partial charge in [0.25, 0.3) is 11.8 Å². The van der Waals surface area contributed by atoms with Gasteiger partial charge in [0, 0.05) is 24.0 Å². The number of hydrogen-bond acceptors (Lipinski definition) is 14. The zero-order valence-electron chi connectivity index (χ0n) is 39.5. The largest absolute Gasteiger partial charge is 0.479 e. The molecule has 19 nitrogen and oxygen atoms in total. The van der Waals surface area contributed by atoms with Crippen LogP contribution in [0.4, 0.5) is 11.6 Å². The number of nitrogens with zero attached hydrogens (tertiary/aromatic N) is 8. The highest BCUT2D eigenvalue weighted by Gasteiger charge is 2.48. The third-order valence-corrected chi connectivity index (χ3v) is 22.1. The maximum atomic E-state index is 12.6. The third-order valence-electron chi connectivity index (χ3n) is 13.1. The molecule has 4 aromatic heterocycles. The highest BCUT2D eigenvalue weighted by Crippen LogP contribution is 2.43. The van der Waals surface area contributed by atoms with Gasteiger partial charge < -0.3 is 39.2 Å². The number of hydrogen-bond donors (Lipinski definition) is 4. The molecule has 2 fully saturated rings. The number of anilines is 2. The van der Waals surface area contributed by atoms with Crippen LogP contribution in [0.25, 0.3) is 22.3 Å². The molecule has 6 heterocycles. The number of carbonyl (C=O) groups is 3. The Morgan fingerprint density at radius 1 is 0.657 bits per heavy atom. The fraction of sp³-hybridized carbons (Fsp3) is 0.457. The predicted octanol–water partition coefficient (Wildman–Crippen LogP) is 7.59. The summed E-state index contributed by atoms with van der Waals surface area (Å²) in [6.07, 6.45) is 3.40. The normalized spacial score (nSPS) is 21.2. The molecule has 2 aromatic carbocycles. The van der Waals surface area contributed by atoms with E-state index in [0.717, 1.165) is 0 Å². The van der Waals surface area contributed by atoms with Gasteiger partial charge in [-0.05, 0) is 60.5 Å². The van der Waals surface area contributed by atoms with Gasteiger partial charge in [-0.25, -0.2) is 34.7 Å². The molecule has 4 N–H and O–H groups in total. The minimum Gasteiger partial charge on any atom is -0.479 e. The van der Waals surface area contributed by atoms with Gasteiger partial charge in [0.1, 0.15) is 31.2 Å². The number of aliphatic hydroxyl groups excluding tert-OH is 1. The van der Waals surface area contributed by atoms with Crippen LogP contribution in [0, 0.1) is 0 Å². The summed E-state index contributed by atoms with van der Waals surface area (Å²) in [6, 6.07) is 17.7. The van der Waals surface area contributed by atoms with Crippen LogP contribution in [0.1, 0.15) is 87.6 Å². The van der Waals surface area contributed by atoms with Gasteiger partial charge in [-0.2, -0.15) is 0 Å². The van der Waals surface area contributed by atoms with Crippen LogP contribution in [0.5, 0.6) is 0 Å². The molecule has 2 amide bonds. The molecule has 6 aromatic rings. The number of carboxylic acids is 1. The van der Waals surface area contributed by atoms with Crippen molar-refractivity contribution in [2.75, 3.05) is 17.2 Å². The van der Waals surface area contributed by atoms with Crippen LogP contribution in [0.2, 0.25) is 36.3 Å². The van der Waals surface area contributed by atoms with Crippen molar-refractivity contribution in [1.29, 1.82) is 0 Å². The lowest BCUT2D eigenvalue weighted by molar-refractivity contribution is -0.154. The average Bonchev–Trinajstić information content (AvgIpc) is 4.09. The van der Waals surface area contributed by atoms with Crippen LogP contribution in [0.15, 0.2) is 86.0 Å². The molecule has 356 valence electrons. The number of ether oxygens (including phenoxy) is 2. The van der Waals surface area contributed by atoms with E-state index >= 15 is 0 Å². The second-order valence-corrected chi connectivity index (χ2v) is 29.2. The molecular formula is C46H60N10O9Si2. The van der Waals surface area contributed by atoms with Gasteiger partial charge in [-0.1, -0.05) is 77.9 Å². The van der Waals surface area contributed by atoms with Crippen molar-refractivity contribution in [3.63, 3.8) is 0 Å². The van der Waals surface area contributed by atoms with E-state index in [2.05, 4.69) is 108 Å². The Bertz CT molecular complexity index is 2710.